The highest BCUT2D eigenvalue weighted by molar-refractivity contribution is 9.10. The maximum absolute atomic E-state index is 14.5. The number of benzene rings is 4. The highest BCUT2D eigenvalue weighted by atomic mass is 79.9. The number of nitrogens with one attached hydrogen (secondary N) is 1. The molecule has 2 amide bonds. The van der Waals surface area contributed by atoms with Gasteiger partial charge in [-0.25, -0.2) is 8.42 Å². The monoisotopic (exact) mass is 675 g/mol. The van der Waals surface area contributed by atoms with Gasteiger partial charge >= 0.3 is 0 Å². The van der Waals surface area contributed by atoms with E-state index in [2.05, 4.69) is 21.2 Å². The van der Waals surface area contributed by atoms with Crippen molar-refractivity contribution < 1.29 is 18.0 Å². The highest BCUT2D eigenvalue weighted by Gasteiger charge is 2.34. The Kier molecular flexibility index (Phi) is 11.7. The molecule has 44 heavy (non-hydrogen) atoms. The fourth-order valence-corrected chi connectivity index (χ4v) is 6.64. The quantitative estimate of drug-likeness (QED) is 0.154. The average molecular weight is 677 g/mol. The van der Waals surface area contributed by atoms with Crippen molar-refractivity contribution in [3.63, 3.8) is 0 Å². The summed E-state index contributed by atoms with van der Waals surface area (Å²) in [5.41, 5.74) is 3.13. The largest absolute Gasteiger partial charge is 0.354 e. The summed E-state index contributed by atoms with van der Waals surface area (Å²) in [7, 11) is -4.14. The number of anilines is 1. The lowest BCUT2D eigenvalue weighted by atomic mass is 10.0. The second-order valence-electron chi connectivity index (χ2n) is 10.7. The number of rotatable bonds is 14. The molecule has 0 heterocycles. The number of sulfonamides is 1. The second kappa shape index (κ2) is 15.7. The first kappa shape index (κ1) is 33.0. The number of carbonyl (C=O) groups excluding carboxylic acids is 2. The number of amides is 2. The number of carbonyl (C=O) groups is 2. The van der Waals surface area contributed by atoms with Gasteiger partial charge < -0.3 is 10.2 Å². The summed E-state index contributed by atoms with van der Waals surface area (Å²) in [4.78, 5) is 29.8. The molecule has 0 spiro atoms. The van der Waals surface area contributed by atoms with Crippen molar-refractivity contribution in [2.45, 2.75) is 50.6 Å². The van der Waals surface area contributed by atoms with E-state index in [1.54, 1.807) is 42.5 Å². The Morgan fingerprint density at radius 2 is 1.50 bits per heavy atom. The SMILES string of the molecule is CCCCNC(=O)C(Cc1ccccc1)N(Cc1ccc(C)cc1)C(=O)CN(c1cccc(Br)c1)S(=O)(=O)c1ccccc1. The Labute approximate surface area is 269 Å². The Morgan fingerprint density at radius 3 is 2.14 bits per heavy atom. The van der Waals surface area contributed by atoms with Crippen LogP contribution in [0.4, 0.5) is 5.69 Å². The zero-order chi connectivity index (χ0) is 31.5. The van der Waals surface area contributed by atoms with Gasteiger partial charge in [0.25, 0.3) is 10.0 Å². The third-order valence-electron chi connectivity index (χ3n) is 7.28. The van der Waals surface area contributed by atoms with Crippen LogP contribution in [0.3, 0.4) is 0 Å². The molecule has 0 aliphatic carbocycles. The zero-order valence-corrected chi connectivity index (χ0v) is 27.4. The van der Waals surface area contributed by atoms with Crippen molar-refractivity contribution in [3.05, 3.63) is 130 Å². The van der Waals surface area contributed by atoms with Crippen LogP contribution in [0.2, 0.25) is 0 Å². The number of halogens is 1. The van der Waals surface area contributed by atoms with Crippen LogP contribution in [-0.2, 0) is 32.6 Å². The lowest BCUT2D eigenvalue weighted by Gasteiger charge is -2.34. The number of hydrogen-bond acceptors (Lipinski definition) is 4. The standard InChI is InChI=1S/C35H38BrN3O4S/c1-3-4-22-37-35(41)33(23-28-12-7-5-8-13-28)38(25-29-20-18-27(2)19-21-29)34(40)26-39(31-15-11-14-30(36)24-31)44(42,43)32-16-9-6-10-17-32/h5-21,24,33H,3-4,22-23,25-26H2,1-2H3,(H,37,41). The molecule has 7 nitrogen and oxygen atoms in total. The van der Waals surface area contributed by atoms with Gasteiger partial charge in [0.15, 0.2) is 0 Å². The van der Waals surface area contributed by atoms with Gasteiger partial charge in [-0.05, 0) is 54.8 Å². The van der Waals surface area contributed by atoms with Crippen LogP contribution in [0.1, 0.15) is 36.5 Å². The molecule has 0 fully saturated rings. The molecular formula is C35H38BrN3O4S. The van der Waals surface area contributed by atoms with Crippen LogP contribution in [0.5, 0.6) is 0 Å². The summed E-state index contributed by atoms with van der Waals surface area (Å²) >= 11 is 3.44. The molecule has 0 aliphatic rings. The van der Waals surface area contributed by atoms with Gasteiger partial charge in [0.05, 0.1) is 10.6 Å². The Balaban J connectivity index is 1.78. The van der Waals surface area contributed by atoms with E-state index in [0.29, 0.717) is 16.7 Å². The van der Waals surface area contributed by atoms with Crippen molar-refractivity contribution >= 4 is 43.5 Å². The molecule has 1 unspecified atom stereocenters. The van der Waals surface area contributed by atoms with Gasteiger partial charge in [-0.2, -0.15) is 0 Å². The molecule has 9 heteroatoms. The van der Waals surface area contributed by atoms with Crippen molar-refractivity contribution in [2.75, 3.05) is 17.4 Å². The van der Waals surface area contributed by atoms with Crippen molar-refractivity contribution in [2.24, 2.45) is 0 Å². The predicted octanol–water partition coefficient (Wildman–Crippen LogP) is 6.51. The van der Waals surface area contributed by atoms with Crippen molar-refractivity contribution in [3.8, 4) is 0 Å². The summed E-state index contributed by atoms with van der Waals surface area (Å²) in [6.45, 7) is 4.16. The summed E-state index contributed by atoms with van der Waals surface area (Å²) in [6.07, 6.45) is 2.00. The van der Waals surface area contributed by atoms with Crippen LogP contribution in [0.15, 0.2) is 119 Å². The zero-order valence-electron chi connectivity index (χ0n) is 25.0. The number of hydrogen-bond donors (Lipinski definition) is 1. The summed E-state index contributed by atoms with van der Waals surface area (Å²) in [5, 5.41) is 3.01. The third kappa shape index (κ3) is 8.80. The molecule has 4 aromatic carbocycles. The first-order chi connectivity index (χ1) is 21.2. The van der Waals surface area contributed by atoms with Crippen LogP contribution in [0, 0.1) is 6.92 Å². The van der Waals surface area contributed by atoms with E-state index in [1.807, 2.05) is 68.4 Å². The Hall–Kier alpha value is -3.95. The molecular weight excluding hydrogens is 638 g/mol. The van der Waals surface area contributed by atoms with Gasteiger partial charge in [-0.1, -0.05) is 114 Å². The van der Waals surface area contributed by atoms with Crippen molar-refractivity contribution in [1.82, 2.24) is 10.2 Å². The molecule has 4 rings (SSSR count). The fraction of sp³-hybridized carbons (Fsp3) is 0.257. The molecule has 0 saturated carbocycles. The average Bonchev–Trinajstić information content (AvgIpc) is 3.03. The van der Waals surface area contributed by atoms with Gasteiger partial charge in [0.2, 0.25) is 11.8 Å². The number of unbranched alkanes of at least 4 members (excludes halogenated alkanes) is 1. The van der Waals surface area contributed by atoms with E-state index < -0.39 is 28.5 Å². The van der Waals surface area contributed by atoms with E-state index in [9.17, 15) is 18.0 Å². The molecule has 1 atom stereocenters. The highest BCUT2D eigenvalue weighted by Crippen LogP contribution is 2.27. The number of nitrogens with zero attached hydrogens (tertiary/aromatic N) is 2. The molecule has 230 valence electrons. The van der Waals surface area contributed by atoms with E-state index >= 15 is 0 Å². The van der Waals surface area contributed by atoms with Crippen LogP contribution in [-0.4, -0.2) is 44.3 Å². The maximum atomic E-state index is 14.5. The van der Waals surface area contributed by atoms with Gasteiger partial charge in [-0.3, -0.25) is 13.9 Å². The lowest BCUT2D eigenvalue weighted by Crippen LogP contribution is -2.53. The normalized spacial score (nSPS) is 11.9. The molecule has 0 radical (unpaired) electrons. The summed E-state index contributed by atoms with van der Waals surface area (Å²) in [5.74, 6) is -0.765. The van der Waals surface area contributed by atoms with E-state index in [0.717, 1.165) is 33.8 Å². The van der Waals surface area contributed by atoms with E-state index in [-0.39, 0.29) is 23.8 Å². The fourth-order valence-electron chi connectivity index (χ4n) is 4.83. The second-order valence-corrected chi connectivity index (χ2v) is 13.4. The smallest absolute Gasteiger partial charge is 0.264 e. The molecule has 0 bridgehead atoms. The first-order valence-electron chi connectivity index (χ1n) is 14.7. The molecule has 0 aromatic heterocycles. The molecule has 0 saturated heterocycles. The molecule has 0 aliphatic heterocycles. The third-order valence-corrected chi connectivity index (χ3v) is 9.56. The van der Waals surface area contributed by atoms with Gasteiger partial charge in [-0.15, -0.1) is 0 Å². The Bertz CT molecular complexity index is 1630. The maximum Gasteiger partial charge on any atom is 0.264 e. The molecule has 1 N–H and O–H groups in total. The van der Waals surface area contributed by atoms with E-state index in [1.165, 1.54) is 17.0 Å². The first-order valence-corrected chi connectivity index (χ1v) is 16.9. The minimum atomic E-state index is -4.14. The number of aryl methyl sites for hydroxylation is 1. The summed E-state index contributed by atoms with van der Waals surface area (Å²) < 4.78 is 29.8. The van der Waals surface area contributed by atoms with Crippen LogP contribution < -0.4 is 9.62 Å². The molecule has 4 aromatic rings. The predicted molar refractivity (Wildman–Crippen MR) is 179 cm³/mol. The minimum Gasteiger partial charge on any atom is -0.354 e. The van der Waals surface area contributed by atoms with E-state index in [4.69, 9.17) is 0 Å². The Morgan fingerprint density at radius 1 is 0.841 bits per heavy atom. The van der Waals surface area contributed by atoms with Crippen molar-refractivity contribution in [1.29, 1.82) is 0 Å². The topological polar surface area (TPSA) is 86.8 Å². The minimum absolute atomic E-state index is 0.0657. The lowest BCUT2D eigenvalue weighted by molar-refractivity contribution is -0.140. The summed E-state index contributed by atoms with van der Waals surface area (Å²) in [6, 6.07) is 31.3. The van der Waals surface area contributed by atoms with Crippen LogP contribution in [0.25, 0.3) is 0 Å². The van der Waals surface area contributed by atoms with Gasteiger partial charge in [0.1, 0.15) is 12.6 Å². The van der Waals surface area contributed by atoms with Gasteiger partial charge in [0, 0.05) is 24.0 Å². The van der Waals surface area contributed by atoms with Crippen LogP contribution >= 0.6 is 15.9 Å².